The molecular weight excluding hydrogens is 146 g/mol. The number of hydrogen-bond donors (Lipinski definition) is 3. The predicted molar refractivity (Wildman–Crippen MR) is 41.0 cm³/mol. The number of carbonyl (C=O) groups excluding carboxylic acids is 1. The molecule has 1 amide bonds. The van der Waals surface area contributed by atoms with Crippen LogP contribution < -0.4 is 5.32 Å². The first-order chi connectivity index (χ1) is 5.11. The molecule has 0 spiro atoms. The summed E-state index contributed by atoms with van der Waals surface area (Å²) in [5.41, 5.74) is 0. The standard InChI is InChI=1S/C7H15NO3/c1-3-6(4-9)8-7(11)5(2)10/h5-6,9-10H,3-4H2,1-2H3,(H,8,11)/t5-,6?/m1/s1. The highest BCUT2D eigenvalue weighted by molar-refractivity contribution is 5.80. The fourth-order valence-electron chi connectivity index (χ4n) is 0.599. The van der Waals surface area contributed by atoms with E-state index in [0.717, 1.165) is 0 Å². The average molecular weight is 161 g/mol. The van der Waals surface area contributed by atoms with E-state index in [0.29, 0.717) is 6.42 Å². The first kappa shape index (κ1) is 10.4. The van der Waals surface area contributed by atoms with Gasteiger partial charge in [-0.25, -0.2) is 0 Å². The molecule has 0 aromatic heterocycles. The van der Waals surface area contributed by atoms with Gasteiger partial charge in [-0.1, -0.05) is 6.92 Å². The number of aliphatic hydroxyl groups is 2. The van der Waals surface area contributed by atoms with Gasteiger partial charge in [-0.2, -0.15) is 0 Å². The molecule has 2 atom stereocenters. The first-order valence-electron chi connectivity index (χ1n) is 3.71. The van der Waals surface area contributed by atoms with Crippen molar-refractivity contribution in [3.8, 4) is 0 Å². The summed E-state index contributed by atoms with van der Waals surface area (Å²) >= 11 is 0. The number of amides is 1. The molecule has 1 unspecified atom stereocenters. The normalized spacial score (nSPS) is 15.6. The molecule has 0 rings (SSSR count). The fourth-order valence-corrected chi connectivity index (χ4v) is 0.599. The lowest BCUT2D eigenvalue weighted by Gasteiger charge is -2.14. The lowest BCUT2D eigenvalue weighted by Crippen LogP contribution is -2.41. The van der Waals surface area contributed by atoms with Gasteiger partial charge in [-0.05, 0) is 13.3 Å². The van der Waals surface area contributed by atoms with E-state index in [-0.39, 0.29) is 12.6 Å². The minimum Gasteiger partial charge on any atom is -0.394 e. The van der Waals surface area contributed by atoms with Gasteiger partial charge in [0.15, 0.2) is 0 Å². The molecule has 11 heavy (non-hydrogen) atoms. The third-order valence-corrected chi connectivity index (χ3v) is 1.44. The van der Waals surface area contributed by atoms with Crippen molar-refractivity contribution in [3.63, 3.8) is 0 Å². The molecule has 0 fully saturated rings. The SMILES string of the molecule is CCC(CO)NC(=O)[C@@H](C)O. The molecule has 4 heteroatoms. The van der Waals surface area contributed by atoms with Gasteiger partial charge < -0.3 is 15.5 Å². The second-order valence-electron chi connectivity index (χ2n) is 2.47. The van der Waals surface area contributed by atoms with Crippen LogP contribution in [0.25, 0.3) is 0 Å². The first-order valence-corrected chi connectivity index (χ1v) is 3.71. The van der Waals surface area contributed by atoms with Crippen LogP contribution in [0.1, 0.15) is 20.3 Å². The molecule has 0 radical (unpaired) electrons. The van der Waals surface area contributed by atoms with Crippen molar-refractivity contribution in [1.82, 2.24) is 5.32 Å². The summed E-state index contributed by atoms with van der Waals surface area (Å²) in [4.78, 5) is 10.8. The Kier molecular flexibility index (Phi) is 4.81. The van der Waals surface area contributed by atoms with Crippen LogP contribution in [0.3, 0.4) is 0 Å². The van der Waals surface area contributed by atoms with E-state index in [2.05, 4.69) is 5.32 Å². The smallest absolute Gasteiger partial charge is 0.248 e. The van der Waals surface area contributed by atoms with Gasteiger partial charge in [0.2, 0.25) is 5.91 Å². The molecule has 0 aliphatic rings. The largest absolute Gasteiger partial charge is 0.394 e. The second kappa shape index (κ2) is 5.09. The van der Waals surface area contributed by atoms with Crippen LogP contribution in [0.2, 0.25) is 0 Å². The number of aliphatic hydroxyl groups excluding tert-OH is 2. The monoisotopic (exact) mass is 161 g/mol. The number of hydrogen-bond acceptors (Lipinski definition) is 3. The summed E-state index contributed by atoms with van der Waals surface area (Å²) < 4.78 is 0. The van der Waals surface area contributed by atoms with Crippen LogP contribution in [-0.4, -0.2) is 34.9 Å². The lowest BCUT2D eigenvalue weighted by molar-refractivity contribution is -0.129. The molecule has 3 N–H and O–H groups in total. The highest BCUT2D eigenvalue weighted by Gasteiger charge is 2.12. The van der Waals surface area contributed by atoms with Crippen molar-refractivity contribution < 1.29 is 15.0 Å². The lowest BCUT2D eigenvalue weighted by atomic mass is 10.2. The van der Waals surface area contributed by atoms with Crippen molar-refractivity contribution in [2.75, 3.05) is 6.61 Å². The second-order valence-corrected chi connectivity index (χ2v) is 2.47. The maximum atomic E-state index is 10.8. The Labute approximate surface area is 66.2 Å². The average Bonchev–Trinajstić information content (AvgIpc) is 1.99. The van der Waals surface area contributed by atoms with Crippen molar-refractivity contribution in [2.45, 2.75) is 32.4 Å². The van der Waals surface area contributed by atoms with Gasteiger partial charge in [0.05, 0.1) is 12.6 Å². The summed E-state index contributed by atoms with van der Waals surface area (Å²) in [6.45, 7) is 3.15. The minimum atomic E-state index is -1.00. The van der Waals surface area contributed by atoms with Crippen molar-refractivity contribution in [3.05, 3.63) is 0 Å². The van der Waals surface area contributed by atoms with E-state index >= 15 is 0 Å². The fraction of sp³-hybridized carbons (Fsp3) is 0.857. The van der Waals surface area contributed by atoms with Crippen molar-refractivity contribution in [2.24, 2.45) is 0 Å². The van der Waals surface area contributed by atoms with Gasteiger partial charge in [-0.15, -0.1) is 0 Å². The van der Waals surface area contributed by atoms with Gasteiger partial charge in [0.1, 0.15) is 6.10 Å². The zero-order valence-electron chi connectivity index (χ0n) is 6.87. The van der Waals surface area contributed by atoms with Gasteiger partial charge in [0, 0.05) is 0 Å². The van der Waals surface area contributed by atoms with Gasteiger partial charge >= 0.3 is 0 Å². The van der Waals surface area contributed by atoms with E-state index in [1.807, 2.05) is 6.92 Å². The Balaban J connectivity index is 3.72. The Morgan fingerprint density at radius 3 is 2.45 bits per heavy atom. The summed E-state index contributed by atoms with van der Waals surface area (Å²) in [5, 5.41) is 19.9. The Morgan fingerprint density at radius 2 is 2.18 bits per heavy atom. The molecule has 0 bridgehead atoms. The van der Waals surface area contributed by atoms with Crippen LogP contribution in [-0.2, 0) is 4.79 Å². The third-order valence-electron chi connectivity index (χ3n) is 1.44. The zero-order valence-corrected chi connectivity index (χ0v) is 6.87. The zero-order chi connectivity index (χ0) is 8.85. The maximum absolute atomic E-state index is 10.8. The van der Waals surface area contributed by atoms with E-state index in [1.165, 1.54) is 6.92 Å². The van der Waals surface area contributed by atoms with E-state index < -0.39 is 12.0 Å². The molecule has 0 aromatic carbocycles. The highest BCUT2D eigenvalue weighted by Crippen LogP contribution is 1.90. The highest BCUT2D eigenvalue weighted by atomic mass is 16.3. The van der Waals surface area contributed by atoms with E-state index in [9.17, 15) is 4.79 Å². The summed E-state index contributed by atoms with van der Waals surface area (Å²) in [7, 11) is 0. The molecule has 0 aliphatic heterocycles. The Bertz CT molecular complexity index is 121. The van der Waals surface area contributed by atoms with Crippen LogP contribution in [0, 0.1) is 0 Å². The molecule has 0 aromatic rings. The topological polar surface area (TPSA) is 69.6 Å². The van der Waals surface area contributed by atoms with Crippen molar-refractivity contribution >= 4 is 5.91 Å². The number of carbonyl (C=O) groups is 1. The van der Waals surface area contributed by atoms with E-state index in [4.69, 9.17) is 10.2 Å². The van der Waals surface area contributed by atoms with E-state index in [1.54, 1.807) is 0 Å². The third kappa shape index (κ3) is 3.95. The Morgan fingerprint density at radius 1 is 1.64 bits per heavy atom. The molecule has 0 aliphatic carbocycles. The molecule has 4 nitrogen and oxygen atoms in total. The number of rotatable bonds is 4. The van der Waals surface area contributed by atoms with Crippen LogP contribution in [0.15, 0.2) is 0 Å². The van der Waals surface area contributed by atoms with Crippen LogP contribution in [0.5, 0.6) is 0 Å². The van der Waals surface area contributed by atoms with Crippen LogP contribution in [0.4, 0.5) is 0 Å². The van der Waals surface area contributed by atoms with Gasteiger partial charge in [-0.3, -0.25) is 4.79 Å². The predicted octanol–water partition coefficient (Wildman–Crippen LogP) is -0.746. The van der Waals surface area contributed by atoms with Crippen LogP contribution >= 0.6 is 0 Å². The summed E-state index contributed by atoms with van der Waals surface area (Å²) in [6, 6.07) is -0.239. The quantitative estimate of drug-likeness (QED) is 0.508. The van der Waals surface area contributed by atoms with Crippen molar-refractivity contribution in [1.29, 1.82) is 0 Å². The summed E-state index contributed by atoms with van der Waals surface area (Å²) in [5.74, 6) is -0.439. The van der Waals surface area contributed by atoms with Gasteiger partial charge in [0.25, 0.3) is 0 Å². The maximum Gasteiger partial charge on any atom is 0.248 e. The summed E-state index contributed by atoms with van der Waals surface area (Å²) in [6.07, 6.45) is -0.342. The molecule has 0 saturated heterocycles. The Hall–Kier alpha value is -0.610. The molecule has 0 saturated carbocycles. The molecule has 66 valence electrons. The number of nitrogens with one attached hydrogen (secondary N) is 1. The molecule has 0 heterocycles. The molecular formula is C7H15NO3. The minimum absolute atomic E-state index is 0.0883.